The third-order valence-electron chi connectivity index (χ3n) is 3.70. The Morgan fingerprint density at radius 2 is 2.15 bits per heavy atom. The fourth-order valence-electron chi connectivity index (χ4n) is 2.42. The smallest absolute Gasteiger partial charge is 0.265 e. The lowest BCUT2D eigenvalue weighted by Crippen LogP contribution is -2.14. The third-order valence-corrected chi connectivity index (χ3v) is 4.85. The molecule has 1 aliphatic rings. The van der Waals surface area contributed by atoms with Gasteiger partial charge in [0.15, 0.2) is 0 Å². The van der Waals surface area contributed by atoms with Gasteiger partial charge in [-0.1, -0.05) is 6.07 Å². The van der Waals surface area contributed by atoms with E-state index in [0.717, 1.165) is 29.2 Å². The summed E-state index contributed by atoms with van der Waals surface area (Å²) in [6, 6.07) is 8.06. The Hall–Kier alpha value is -1.81. The number of fused-ring (bicyclic) bond motifs is 1. The van der Waals surface area contributed by atoms with E-state index in [-0.39, 0.29) is 5.91 Å². The standard InChI is InChI=1S/C16H18N2OS/c1-10-8-15(20-11(10)2)16(19)18-13-6-5-12-4-3-7-17-14(12)9-13/h5-6,8-9,17H,3-4,7H2,1-2H3,(H,18,19). The van der Waals surface area contributed by atoms with Gasteiger partial charge in [0.2, 0.25) is 0 Å². The number of hydrogen-bond acceptors (Lipinski definition) is 3. The number of benzene rings is 1. The SMILES string of the molecule is Cc1cc(C(=O)Nc2ccc3c(c2)NCCC3)sc1C. The molecule has 104 valence electrons. The van der Waals surface area contributed by atoms with Gasteiger partial charge in [-0.3, -0.25) is 4.79 Å². The van der Waals surface area contributed by atoms with Gasteiger partial charge in [0, 0.05) is 22.8 Å². The zero-order chi connectivity index (χ0) is 14.1. The zero-order valence-electron chi connectivity index (χ0n) is 11.7. The summed E-state index contributed by atoms with van der Waals surface area (Å²) in [5.74, 6) is -0.0260. The summed E-state index contributed by atoms with van der Waals surface area (Å²) in [7, 11) is 0. The molecule has 0 bridgehead atoms. The highest BCUT2D eigenvalue weighted by Crippen LogP contribution is 2.26. The molecule has 3 nitrogen and oxygen atoms in total. The van der Waals surface area contributed by atoms with Gasteiger partial charge >= 0.3 is 0 Å². The molecule has 0 spiro atoms. The van der Waals surface area contributed by atoms with Crippen molar-refractivity contribution in [1.29, 1.82) is 0 Å². The molecule has 2 aromatic rings. The first-order valence-corrected chi connectivity index (χ1v) is 7.70. The highest BCUT2D eigenvalue weighted by atomic mass is 32.1. The molecule has 1 amide bonds. The van der Waals surface area contributed by atoms with Crippen molar-refractivity contribution >= 4 is 28.6 Å². The number of carbonyl (C=O) groups is 1. The van der Waals surface area contributed by atoms with Gasteiger partial charge in [0.05, 0.1) is 4.88 Å². The van der Waals surface area contributed by atoms with E-state index in [4.69, 9.17) is 0 Å². The first kappa shape index (κ1) is 13.2. The lowest BCUT2D eigenvalue weighted by molar-refractivity contribution is 0.103. The molecule has 0 atom stereocenters. The van der Waals surface area contributed by atoms with Crippen LogP contribution >= 0.6 is 11.3 Å². The van der Waals surface area contributed by atoms with Crippen LogP contribution in [0, 0.1) is 13.8 Å². The van der Waals surface area contributed by atoms with Crippen molar-refractivity contribution in [2.24, 2.45) is 0 Å². The van der Waals surface area contributed by atoms with E-state index in [9.17, 15) is 4.79 Å². The predicted molar refractivity (Wildman–Crippen MR) is 85.0 cm³/mol. The monoisotopic (exact) mass is 286 g/mol. The number of amides is 1. The first-order valence-electron chi connectivity index (χ1n) is 6.88. The molecule has 1 aromatic carbocycles. The van der Waals surface area contributed by atoms with E-state index >= 15 is 0 Å². The zero-order valence-corrected chi connectivity index (χ0v) is 12.6. The number of anilines is 2. The molecule has 2 N–H and O–H groups in total. The van der Waals surface area contributed by atoms with E-state index in [1.807, 2.05) is 32.0 Å². The van der Waals surface area contributed by atoms with Gasteiger partial charge < -0.3 is 10.6 Å². The Morgan fingerprint density at radius 3 is 2.90 bits per heavy atom. The fourth-order valence-corrected chi connectivity index (χ4v) is 3.35. The molecule has 1 aromatic heterocycles. The lowest BCUT2D eigenvalue weighted by Gasteiger charge is -2.18. The molecule has 0 saturated heterocycles. The number of thiophene rings is 1. The van der Waals surface area contributed by atoms with Crippen molar-refractivity contribution in [3.8, 4) is 0 Å². The van der Waals surface area contributed by atoms with Crippen LogP contribution < -0.4 is 10.6 Å². The number of carbonyl (C=O) groups excluding carboxylic acids is 1. The van der Waals surface area contributed by atoms with Crippen LogP contribution in [0.1, 0.15) is 32.1 Å². The first-order chi connectivity index (χ1) is 9.63. The average Bonchev–Trinajstić information content (AvgIpc) is 2.79. The second-order valence-electron chi connectivity index (χ2n) is 5.21. The second-order valence-corrected chi connectivity index (χ2v) is 6.46. The van der Waals surface area contributed by atoms with Gasteiger partial charge in [0.25, 0.3) is 5.91 Å². The van der Waals surface area contributed by atoms with Gasteiger partial charge in [-0.2, -0.15) is 0 Å². The van der Waals surface area contributed by atoms with Crippen LogP contribution in [0.5, 0.6) is 0 Å². The van der Waals surface area contributed by atoms with Crippen molar-refractivity contribution in [3.63, 3.8) is 0 Å². The Balaban J connectivity index is 1.79. The minimum absolute atomic E-state index is 0.0260. The Bertz CT molecular complexity index is 641. The van der Waals surface area contributed by atoms with Crippen molar-refractivity contribution < 1.29 is 4.79 Å². The molecular weight excluding hydrogens is 268 g/mol. The molecular formula is C16H18N2OS. The number of hydrogen-bond donors (Lipinski definition) is 2. The molecule has 2 heterocycles. The molecule has 1 aliphatic heterocycles. The molecule has 0 saturated carbocycles. The molecule has 0 unspecified atom stereocenters. The maximum atomic E-state index is 12.2. The van der Waals surface area contributed by atoms with Crippen molar-refractivity contribution in [2.45, 2.75) is 26.7 Å². The Kier molecular flexibility index (Phi) is 3.49. The van der Waals surface area contributed by atoms with Crippen LogP contribution in [0.15, 0.2) is 24.3 Å². The quantitative estimate of drug-likeness (QED) is 0.877. The maximum Gasteiger partial charge on any atom is 0.265 e. The molecule has 0 aliphatic carbocycles. The van der Waals surface area contributed by atoms with Crippen LogP contribution in [-0.2, 0) is 6.42 Å². The molecule has 0 fully saturated rings. The second kappa shape index (κ2) is 5.29. The summed E-state index contributed by atoms with van der Waals surface area (Å²) in [6.07, 6.45) is 2.28. The van der Waals surface area contributed by atoms with Gasteiger partial charge in [-0.15, -0.1) is 11.3 Å². The van der Waals surface area contributed by atoms with Crippen LogP contribution in [0.4, 0.5) is 11.4 Å². The molecule has 4 heteroatoms. The molecule has 0 radical (unpaired) electrons. The van der Waals surface area contributed by atoms with Crippen LogP contribution in [-0.4, -0.2) is 12.5 Å². The minimum Gasteiger partial charge on any atom is -0.385 e. The predicted octanol–water partition coefficient (Wildman–Crippen LogP) is 3.98. The Labute approximate surface area is 123 Å². The Morgan fingerprint density at radius 1 is 1.30 bits per heavy atom. The maximum absolute atomic E-state index is 12.2. The average molecular weight is 286 g/mol. The van der Waals surface area contributed by atoms with E-state index < -0.39 is 0 Å². The van der Waals surface area contributed by atoms with Crippen LogP contribution in [0.25, 0.3) is 0 Å². The normalized spacial score (nSPS) is 13.5. The van der Waals surface area contributed by atoms with Gasteiger partial charge in [0.1, 0.15) is 0 Å². The highest BCUT2D eigenvalue weighted by Gasteiger charge is 2.13. The highest BCUT2D eigenvalue weighted by molar-refractivity contribution is 7.14. The lowest BCUT2D eigenvalue weighted by atomic mass is 10.0. The van der Waals surface area contributed by atoms with Gasteiger partial charge in [-0.25, -0.2) is 0 Å². The summed E-state index contributed by atoms with van der Waals surface area (Å²) in [5, 5.41) is 6.36. The summed E-state index contributed by atoms with van der Waals surface area (Å²) >= 11 is 1.54. The van der Waals surface area contributed by atoms with Crippen molar-refractivity contribution in [1.82, 2.24) is 0 Å². The molecule has 20 heavy (non-hydrogen) atoms. The number of aryl methyl sites for hydroxylation is 3. The largest absolute Gasteiger partial charge is 0.385 e. The summed E-state index contributed by atoms with van der Waals surface area (Å²) < 4.78 is 0. The topological polar surface area (TPSA) is 41.1 Å². The fraction of sp³-hybridized carbons (Fsp3) is 0.312. The van der Waals surface area contributed by atoms with Crippen molar-refractivity contribution in [3.05, 3.63) is 45.1 Å². The summed E-state index contributed by atoms with van der Waals surface area (Å²) in [4.78, 5) is 14.2. The summed E-state index contributed by atoms with van der Waals surface area (Å²) in [6.45, 7) is 5.08. The van der Waals surface area contributed by atoms with Crippen molar-refractivity contribution in [2.75, 3.05) is 17.2 Å². The van der Waals surface area contributed by atoms with E-state index in [1.54, 1.807) is 11.3 Å². The van der Waals surface area contributed by atoms with Gasteiger partial charge in [-0.05, 0) is 56.0 Å². The summed E-state index contributed by atoms with van der Waals surface area (Å²) in [5.41, 5.74) is 4.50. The minimum atomic E-state index is -0.0260. The van der Waals surface area contributed by atoms with E-state index in [2.05, 4.69) is 16.7 Å². The van der Waals surface area contributed by atoms with Crippen LogP contribution in [0.2, 0.25) is 0 Å². The third kappa shape index (κ3) is 2.56. The number of nitrogens with one attached hydrogen (secondary N) is 2. The molecule has 3 rings (SSSR count). The van der Waals surface area contributed by atoms with E-state index in [0.29, 0.717) is 0 Å². The van der Waals surface area contributed by atoms with Crippen LogP contribution in [0.3, 0.4) is 0 Å². The van der Waals surface area contributed by atoms with E-state index in [1.165, 1.54) is 22.4 Å². The number of rotatable bonds is 2.